The number of piperazine rings is 1. The standard InChI is InChI=1S/C22H24N4O2/c27-22(21-9-5-15-28-21)24-17-20(18-6-4-10-23-16-18)26-13-11-25(12-14-26)19-7-2-1-3-8-19/h1-10,15-16,20H,11-14,17H2,(H,24,27)/t20-/m1/s1. The molecule has 6 nitrogen and oxygen atoms in total. The fraction of sp³-hybridized carbons (Fsp3) is 0.273. The van der Waals surface area contributed by atoms with Gasteiger partial charge in [-0.25, -0.2) is 0 Å². The van der Waals surface area contributed by atoms with Crippen molar-refractivity contribution in [2.45, 2.75) is 6.04 Å². The molecule has 3 heterocycles. The van der Waals surface area contributed by atoms with Crippen LogP contribution in [0.4, 0.5) is 5.69 Å². The number of rotatable bonds is 6. The predicted molar refractivity (Wildman–Crippen MR) is 108 cm³/mol. The first kappa shape index (κ1) is 18.3. The summed E-state index contributed by atoms with van der Waals surface area (Å²) >= 11 is 0. The number of carbonyl (C=O) groups is 1. The number of nitrogens with one attached hydrogen (secondary N) is 1. The van der Waals surface area contributed by atoms with E-state index >= 15 is 0 Å². The summed E-state index contributed by atoms with van der Waals surface area (Å²) in [5.41, 5.74) is 2.36. The number of hydrogen-bond acceptors (Lipinski definition) is 5. The van der Waals surface area contributed by atoms with Gasteiger partial charge < -0.3 is 14.6 Å². The first-order valence-electron chi connectivity index (χ1n) is 9.57. The summed E-state index contributed by atoms with van der Waals surface area (Å²) in [6, 6.07) is 18.0. The third-order valence-corrected chi connectivity index (χ3v) is 5.15. The van der Waals surface area contributed by atoms with Crippen LogP contribution in [-0.2, 0) is 0 Å². The highest BCUT2D eigenvalue weighted by atomic mass is 16.3. The van der Waals surface area contributed by atoms with Gasteiger partial charge in [-0.05, 0) is 35.9 Å². The van der Waals surface area contributed by atoms with Crippen molar-refractivity contribution in [1.82, 2.24) is 15.2 Å². The van der Waals surface area contributed by atoms with Crippen molar-refractivity contribution in [3.05, 3.63) is 84.6 Å². The van der Waals surface area contributed by atoms with E-state index in [1.54, 1.807) is 18.3 Å². The Labute approximate surface area is 164 Å². The van der Waals surface area contributed by atoms with Gasteiger partial charge in [0.25, 0.3) is 5.91 Å². The molecule has 0 spiro atoms. The maximum atomic E-state index is 12.3. The van der Waals surface area contributed by atoms with Gasteiger partial charge >= 0.3 is 0 Å². The third kappa shape index (κ3) is 4.23. The molecular formula is C22H24N4O2. The summed E-state index contributed by atoms with van der Waals surface area (Å²) in [4.78, 5) is 21.4. The Hall–Kier alpha value is -3.12. The van der Waals surface area contributed by atoms with E-state index in [-0.39, 0.29) is 11.9 Å². The molecule has 0 bridgehead atoms. The molecule has 28 heavy (non-hydrogen) atoms. The van der Waals surface area contributed by atoms with Crippen molar-refractivity contribution in [3.8, 4) is 0 Å². The first-order chi connectivity index (χ1) is 13.8. The van der Waals surface area contributed by atoms with Crippen molar-refractivity contribution < 1.29 is 9.21 Å². The van der Waals surface area contributed by atoms with Gasteiger partial charge in [-0.1, -0.05) is 24.3 Å². The number of amides is 1. The van der Waals surface area contributed by atoms with E-state index in [0.29, 0.717) is 12.3 Å². The van der Waals surface area contributed by atoms with Crippen LogP contribution in [0.5, 0.6) is 0 Å². The summed E-state index contributed by atoms with van der Waals surface area (Å²) in [5.74, 6) is 0.139. The lowest BCUT2D eigenvalue weighted by Gasteiger charge is -2.40. The quantitative estimate of drug-likeness (QED) is 0.717. The minimum atomic E-state index is -0.193. The summed E-state index contributed by atoms with van der Waals surface area (Å²) in [5, 5.41) is 3.01. The van der Waals surface area contributed by atoms with Crippen LogP contribution in [-0.4, -0.2) is 48.5 Å². The summed E-state index contributed by atoms with van der Waals surface area (Å²) in [7, 11) is 0. The molecule has 2 aromatic heterocycles. The highest BCUT2D eigenvalue weighted by Crippen LogP contribution is 2.23. The topological polar surface area (TPSA) is 61.6 Å². The number of nitrogens with zero attached hydrogens (tertiary/aromatic N) is 3. The van der Waals surface area contributed by atoms with Crippen molar-refractivity contribution in [3.63, 3.8) is 0 Å². The number of para-hydroxylation sites is 1. The molecule has 1 N–H and O–H groups in total. The Morgan fingerprint density at radius 2 is 1.86 bits per heavy atom. The predicted octanol–water partition coefficient (Wildman–Crippen LogP) is 2.97. The molecule has 1 amide bonds. The zero-order chi connectivity index (χ0) is 19.2. The Morgan fingerprint density at radius 1 is 1.04 bits per heavy atom. The van der Waals surface area contributed by atoms with Crippen molar-refractivity contribution in [2.75, 3.05) is 37.6 Å². The molecule has 4 rings (SSSR count). The largest absolute Gasteiger partial charge is 0.459 e. The number of pyridine rings is 1. The molecule has 3 aromatic rings. The molecule has 0 saturated carbocycles. The van der Waals surface area contributed by atoms with Crippen LogP contribution in [0, 0.1) is 0 Å². The third-order valence-electron chi connectivity index (χ3n) is 5.15. The monoisotopic (exact) mass is 376 g/mol. The number of aromatic nitrogens is 1. The number of hydrogen-bond donors (Lipinski definition) is 1. The van der Waals surface area contributed by atoms with Crippen LogP contribution in [0.1, 0.15) is 22.2 Å². The lowest BCUT2D eigenvalue weighted by molar-refractivity contribution is 0.0902. The maximum absolute atomic E-state index is 12.3. The molecule has 144 valence electrons. The van der Waals surface area contributed by atoms with Gasteiger partial charge in [0.05, 0.1) is 12.3 Å². The molecule has 6 heteroatoms. The summed E-state index contributed by atoms with van der Waals surface area (Å²) in [6.07, 6.45) is 5.17. The SMILES string of the molecule is O=C(NC[C@H](c1cccnc1)N1CCN(c2ccccc2)CC1)c1ccco1. The first-order valence-corrected chi connectivity index (χ1v) is 9.57. The zero-order valence-electron chi connectivity index (χ0n) is 15.7. The minimum Gasteiger partial charge on any atom is -0.459 e. The van der Waals surface area contributed by atoms with Gasteiger partial charge in [0, 0.05) is 50.8 Å². The van der Waals surface area contributed by atoms with Gasteiger partial charge in [0.15, 0.2) is 5.76 Å². The van der Waals surface area contributed by atoms with Crippen molar-refractivity contribution >= 4 is 11.6 Å². The molecule has 1 saturated heterocycles. The normalized spacial score (nSPS) is 15.9. The molecule has 0 aliphatic carbocycles. The van der Waals surface area contributed by atoms with E-state index in [0.717, 1.165) is 31.7 Å². The van der Waals surface area contributed by atoms with Gasteiger partial charge in [0.2, 0.25) is 0 Å². The van der Waals surface area contributed by atoms with Crippen LogP contribution in [0.3, 0.4) is 0 Å². The second kappa shape index (κ2) is 8.71. The highest BCUT2D eigenvalue weighted by Gasteiger charge is 2.26. The fourth-order valence-electron chi connectivity index (χ4n) is 3.65. The fourth-order valence-corrected chi connectivity index (χ4v) is 3.65. The maximum Gasteiger partial charge on any atom is 0.287 e. The molecule has 1 aliphatic rings. The van der Waals surface area contributed by atoms with E-state index in [1.807, 2.05) is 18.3 Å². The molecule has 0 radical (unpaired) electrons. The molecule has 1 atom stereocenters. The average molecular weight is 376 g/mol. The lowest BCUT2D eigenvalue weighted by atomic mass is 10.1. The van der Waals surface area contributed by atoms with E-state index in [2.05, 4.69) is 50.4 Å². The van der Waals surface area contributed by atoms with E-state index in [1.165, 1.54) is 12.0 Å². The van der Waals surface area contributed by atoms with Crippen LogP contribution in [0.15, 0.2) is 77.7 Å². The second-order valence-corrected chi connectivity index (χ2v) is 6.85. The molecular weight excluding hydrogens is 352 g/mol. The summed E-state index contributed by atoms with van der Waals surface area (Å²) < 4.78 is 5.20. The lowest BCUT2D eigenvalue weighted by Crippen LogP contribution is -2.50. The van der Waals surface area contributed by atoms with Gasteiger partial charge in [0.1, 0.15) is 0 Å². The molecule has 0 unspecified atom stereocenters. The van der Waals surface area contributed by atoms with E-state index < -0.39 is 0 Å². The summed E-state index contributed by atoms with van der Waals surface area (Å²) in [6.45, 7) is 4.26. The molecule has 1 aromatic carbocycles. The van der Waals surface area contributed by atoms with Crippen molar-refractivity contribution in [2.24, 2.45) is 0 Å². The van der Waals surface area contributed by atoms with Crippen LogP contribution < -0.4 is 10.2 Å². The minimum absolute atomic E-state index is 0.0746. The second-order valence-electron chi connectivity index (χ2n) is 6.85. The Morgan fingerprint density at radius 3 is 2.54 bits per heavy atom. The average Bonchev–Trinajstić information content (AvgIpc) is 3.31. The van der Waals surface area contributed by atoms with E-state index in [4.69, 9.17) is 4.42 Å². The van der Waals surface area contributed by atoms with Gasteiger partial charge in [-0.2, -0.15) is 0 Å². The van der Waals surface area contributed by atoms with Crippen LogP contribution in [0.2, 0.25) is 0 Å². The van der Waals surface area contributed by atoms with Crippen LogP contribution >= 0.6 is 0 Å². The Balaban J connectivity index is 1.43. The number of carbonyl (C=O) groups excluding carboxylic acids is 1. The molecule has 1 fully saturated rings. The number of benzene rings is 1. The van der Waals surface area contributed by atoms with Gasteiger partial charge in [-0.15, -0.1) is 0 Å². The Kier molecular flexibility index (Phi) is 5.68. The van der Waals surface area contributed by atoms with Crippen molar-refractivity contribution in [1.29, 1.82) is 0 Å². The van der Waals surface area contributed by atoms with Gasteiger partial charge in [-0.3, -0.25) is 14.7 Å². The number of furan rings is 1. The Bertz CT molecular complexity index is 860. The smallest absolute Gasteiger partial charge is 0.287 e. The number of anilines is 1. The van der Waals surface area contributed by atoms with Crippen LogP contribution in [0.25, 0.3) is 0 Å². The molecule has 1 aliphatic heterocycles. The zero-order valence-corrected chi connectivity index (χ0v) is 15.7. The highest BCUT2D eigenvalue weighted by molar-refractivity contribution is 5.91. The van der Waals surface area contributed by atoms with E-state index in [9.17, 15) is 4.79 Å².